The largest absolute Gasteiger partial charge is 0.368 e. The van der Waals surface area contributed by atoms with Gasteiger partial charge < -0.3 is 11.1 Å². The van der Waals surface area contributed by atoms with E-state index >= 15 is 0 Å². The molecule has 3 aromatic heterocycles. The van der Waals surface area contributed by atoms with Gasteiger partial charge in [-0.1, -0.05) is 26.8 Å². The Hall–Kier alpha value is -3.29. The van der Waals surface area contributed by atoms with E-state index in [9.17, 15) is 9.59 Å². The molecule has 0 aliphatic carbocycles. The molecular formula is C19H22N6O2. The summed E-state index contributed by atoms with van der Waals surface area (Å²) in [5.41, 5.74) is 6.51. The topological polar surface area (TPSA) is 116 Å². The van der Waals surface area contributed by atoms with Crippen LogP contribution in [0.4, 0.5) is 0 Å². The fourth-order valence-corrected chi connectivity index (χ4v) is 2.85. The Morgan fingerprint density at radius 2 is 1.89 bits per heavy atom. The van der Waals surface area contributed by atoms with Gasteiger partial charge in [0, 0.05) is 12.4 Å². The fourth-order valence-electron chi connectivity index (χ4n) is 2.85. The van der Waals surface area contributed by atoms with Crippen LogP contribution in [-0.2, 0) is 11.3 Å². The Kier molecular flexibility index (Phi) is 4.89. The van der Waals surface area contributed by atoms with Gasteiger partial charge >= 0.3 is 0 Å². The Bertz CT molecular complexity index is 975. The summed E-state index contributed by atoms with van der Waals surface area (Å²) in [6.45, 7) is 5.88. The maximum atomic E-state index is 12.8. The smallest absolute Gasteiger partial charge is 0.273 e. The predicted molar refractivity (Wildman–Crippen MR) is 101 cm³/mol. The molecule has 3 aromatic rings. The molecule has 27 heavy (non-hydrogen) atoms. The third kappa shape index (κ3) is 3.94. The summed E-state index contributed by atoms with van der Waals surface area (Å²) < 4.78 is 1.63. The van der Waals surface area contributed by atoms with Crippen molar-refractivity contribution in [2.24, 2.45) is 11.1 Å². The van der Waals surface area contributed by atoms with Crippen LogP contribution in [0.1, 0.15) is 37.0 Å². The summed E-state index contributed by atoms with van der Waals surface area (Å²) in [5, 5.41) is 7.74. The summed E-state index contributed by atoms with van der Waals surface area (Å²) in [7, 11) is 0. The molecule has 0 bridgehead atoms. The Labute approximate surface area is 156 Å². The van der Waals surface area contributed by atoms with Gasteiger partial charge in [-0.3, -0.25) is 14.6 Å². The Morgan fingerprint density at radius 1 is 1.15 bits per heavy atom. The van der Waals surface area contributed by atoms with E-state index in [1.165, 1.54) is 0 Å². The minimum absolute atomic E-state index is 0.199. The molecule has 0 unspecified atom stereocenters. The number of primary amides is 1. The van der Waals surface area contributed by atoms with E-state index in [1.807, 2.05) is 39.0 Å². The SMILES string of the molecule is CC(C)(C)[C@H](NC(=O)c1nn(Cc2ccccn2)c2ncccc12)C(N)=O. The van der Waals surface area contributed by atoms with Gasteiger partial charge in [0.15, 0.2) is 11.3 Å². The number of nitrogens with one attached hydrogen (secondary N) is 1. The van der Waals surface area contributed by atoms with E-state index in [1.54, 1.807) is 29.2 Å². The molecule has 0 fully saturated rings. The monoisotopic (exact) mass is 366 g/mol. The number of hydrogen-bond acceptors (Lipinski definition) is 5. The quantitative estimate of drug-likeness (QED) is 0.710. The molecule has 0 radical (unpaired) electrons. The van der Waals surface area contributed by atoms with Crippen LogP contribution in [0.5, 0.6) is 0 Å². The first-order valence-corrected chi connectivity index (χ1v) is 8.59. The Balaban J connectivity index is 1.97. The number of carbonyl (C=O) groups is 2. The maximum Gasteiger partial charge on any atom is 0.273 e. The van der Waals surface area contributed by atoms with E-state index in [2.05, 4.69) is 20.4 Å². The average Bonchev–Trinajstić information content (AvgIpc) is 2.98. The highest BCUT2D eigenvalue weighted by atomic mass is 16.2. The molecular weight excluding hydrogens is 344 g/mol. The zero-order chi connectivity index (χ0) is 19.6. The molecule has 8 heteroatoms. The van der Waals surface area contributed by atoms with Crippen molar-refractivity contribution in [3.8, 4) is 0 Å². The van der Waals surface area contributed by atoms with Gasteiger partial charge in [0.25, 0.3) is 5.91 Å². The first-order chi connectivity index (χ1) is 12.8. The minimum Gasteiger partial charge on any atom is -0.368 e. The molecule has 0 spiro atoms. The molecule has 0 aliphatic rings. The molecule has 8 nitrogen and oxygen atoms in total. The number of carbonyl (C=O) groups excluding carboxylic acids is 2. The van der Waals surface area contributed by atoms with Gasteiger partial charge in [-0.25, -0.2) is 9.67 Å². The summed E-state index contributed by atoms with van der Waals surface area (Å²) >= 11 is 0. The maximum absolute atomic E-state index is 12.8. The van der Waals surface area contributed by atoms with Crippen LogP contribution in [0, 0.1) is 5.41 Å². The molecule has 3 N–H and O–H groups in total. The van der Waals surface area contributed by atoms with Crippen LogP contribution in [0.3, 0.4) is 0 Å². The first-order valence-electron chi connectivity index (χ1n) is 8.59. The normalized spacial score (nSPS) is 12.7. The van der Waals surface area contributed by atoms with E-state index in [0.29, 0.717) is 17.6 Å². The second kappa shape index (κ2) is 7.14. The number of pyridine rings is 2. The van der Waals surface area contributed by atoms with Crippen molar-refractivity contribution in [2.75, 3.05) is 0 Å². The molecule has 3 heterocycles. The third-order valence-corrected chi connectivity index (χ3v) is 4.19. The van der Waals surface area contributed by atoms with Crippen LogP contribution in [-0.4, -0.2) is 37.6 Å². The zero-order valence-electron chi connectivity index (χ0n) is 15.5. The van der Waals surface area contributed by atoms with Gasteiger partial charge in [0.05, 0.1) is 17.6 Å². The second-order valence-electron chi connectivity index (χ2n) is 7.38. The number of fused-ring (bicyclic) bond motifs is 1. The van der Waals surface area contributed by atoms with Crippen LogP contribution in [0.15, 0.2) is 42.7 Å². The number of nitrogens with two attached hydrogens (primary N) is 1. The van der Waals surface area contributed by atoms with E-state index in [-0.39, 0.29) is 5.69 Å². The number of hydrogen-bond donors (Lipinski definition) is 2. The lowest BCUT2D eigenvalue weighted by atomic mass is 9.86. The highest BCUT2D eigenvalue weighted by molar-refractivity contribution is 6.05. The van der Waals surface area contributed by atoms with Crippen molar-refractivity contribution in [3.05, 3.63) is 54.1 Å². The van der Waals surface area contributed by atoms with Gasteiger partial charge in [0.2, 0.25) is 5.91 Å². The van der Waals surface area contributed by atoms with Crippen LogP contribution >= 0.6 is 0 Å². The molecule has 140 valence electrons. The molecule has 0 aliphatic heterocycles. The summed E-state index contributed by atoms with van der Waals surface area (Å²) in [6, 6.07) is 8.28. The molecule has 1 atom stereocenters. The molecule has 0 saturated carbocycles. The number of rotatable bonds is 5. The van der Waals surface area contributed by atoms with E-state index in [0.717, 1.165) is 5.69 Å². The lowest BCUT2D eigenvalue weighted by Crippen LogP contribution is -2.52. The predicted octanol–water partition coefficient (Wildman–Crippen LogP) is 1.50. The molecule has 0 aromatic carbocycles. The zero-order valence-corrected chi connectivity index (χ0v) is 15.5. The minimum atomic E-state index is -0.822. The summed E-state index contributed by atoms with van der Waals surface area (Å²) in [5.74, 6) is -1.06. The van der Waals surface area contributed by atoms with Crippen molar-refractivity contribution in [1.29, 1.82) is 0 Å². The summed E-state index contributed by atoms with van der Waals surface area (Å²) in [4.78, 5) is 33.3. The van der Waals surface area contributed by atoms with Crippen molar-refractivity contribution in [2.45, 2.75) is 33.4 Å². The summed E-state index contributed by atoms with van der Waals surface area (Å²) in [6.07, 6.45) is 3.34. The van der Waals surface area contributed by atoms with Crippen molar-refractivity contribution in [3.63, 3.8) is 0 Å². The molecule has 2 amide bonds. The standard InChI is InChI=1S/C19H22N6O2/c1-19(2,3)15(16(20)26)23-18(27)14-13-8-6-10-22-17(13)25(24-14)11-12-7-4-5-9-21-12/h4-10,15H,11H2,1-3H3,(H2,20,26)(H,23,27)/t15-/m1/s1. The van der Waals surface area contributed by atoms with Crippen molar-refractivity contribution >= 4 is 22.8 Å². The Morgan fingerprint density at radius 3 is 2.52 bits per heavy atom. The first kappa shape index (κ1) is 18.5. The van der Waals surface area contributed by atoms with Gasteiger partial charge in [-0.2, -0.15) is 5.10 Å². The van der Waals surface area contributed by atoms with E-state index in [4.69, 9.17) is 5.73 Å². The lowest BCUT2D eigenvalue weighted by molar-refractivity contribution is -0.122. The van der Waals surface area contributed by atoms with Crippen molar-refractivity contribution < 1.29 is 9.59 Å². The van der Waals surface area contributed by atoms with Gasteiger partial charge in [0.1, 0.15) is 6.04 Å². The van der Waals surface area contributed by atoms with Crippen molar-refractivity contribution in [1.82, 2.24) is 25.1 Å². The number of amides is 2. The van der Waals surface area contributed by atoms with Gasteiger partial charge in [-0.05, 0) is 29.7 Å². The third-order valence-electron chi connectivity index (χ3n) is 4.19. The van der Waals surface area contributed by atoms with E-state index < -0.39 is 23.3 Å². The van der Waals surface area contributed by atoms with Crippen LogP contribution in [0.25, 0.3) is 11.0 Å². The lowest BCUT2D eigenvalue weighted by Gasteiger charge is -2.28. The van der Waals surface area contributed by atoms with Crippen LogP contribution in [0.2, 0.25) is 0 Å². The highest BCUT2D eigenvalue weighted by Gasteiger charge is 2.32. The van der Waals surface area contributed by atoms with Gasteiger partial charge in [-0.15, -0.1) is 0 Å². The fraction of sp³-hybridized carbons (Fsp3) is 0.316. The number of nitrogens with zero attached hydrogens (tertiary/aromatic N) is 4. The highest BCUT2D eigenvalue weighted by Crippen LogP contribution is 2.21. The number of aromatic nitrogens is 4. The molecule has 0 saturated heterocycles. The second-order valence-corrected chi connectivity index (χ2v) is 7.38. The average molecular weight is 366 g/mol. The molecule has 3 rings (SSSR count). The van der Waals surface area contributed by atoms with Crippen LogP contribution < -0.4 is 11.1 Å².